The molecule has 3 aliphatic rings. The van der Waals surface area contributed by atoms with Crippen molar-refractivity contribution in [2.45, 2.75) is 83.5 Å². The molecule has 3 saturated heterocycles. The summed E-state index contributed by atoms with van der Waals surface area (Å²) in [7, 11) is 0. The molecule has 41 heavy (non-hydrogen) atoms. The van der Waals surface area contributed by atoms with Gasteiger partial charge in [0.15, 0.2) is 0 Å². The number of hydrogen-bond donors (Lipinski definition) is 1. The molecule has 8 nitrogen and oxygen atoms in total. The van der Waals surface area contributed by atoms with Gasteiger partial charge in [-0.15, -0.1) is 13.2 Å². The molecule has 1 aromatic carbocycles. The van der Waals surface area contributed by atoms with Crippen molar-refractivity contribution in [3.05, 3.63) is 54.6 Å². The molecular formula is C33H47N3O5. The zero-order valence-corrected chi connectivity index (χ0v) is 25.0. The maximum absolute atomic E-state index is 14.7. The molecule has 5 atom stereocenters. The minimum Gasteiger partial charge on any atom is -0.396 e. The van der Waals surface area contributed by atoms with E-state index in [-0.39, 0.29) is 30.4 Å². The van der Waals surface area contributed by atoms with Gasteiger partial charge in [-0.3, -0.25) is 14.4 Å². The number of anilines is 1. The number of unbranched alkanes of at least 4 members (excludes halogenated alkanes) is 3. The van der Waals surface area contributed by atoms with Crippen molar-refractivity contribution in [3.8, 4) is 0 Å². The van der Waals surface area contributed by atoms with E-state index in [1.807, 2.05) is 39.0 Å². The van der Waals surface area contributed by atoms with Gasteiger partial charge in [-0.05, 0) is 57.1 Å². The van der Waals surface area contributed by atoms with E-state index in [1.54, 1.807) is 26.9 Å². The fourth-order valence-corrected chi connectivity index (χ4v) is 7.43. The normalized spacial score (nSPS) is 26.2. The lowest BCUT2D eigenvalue weighted by Crippen LogP contribution is -2.57. The predicted molar refractivity (Wildman–Crippen MR) is 160 cm³/mol. The minimum atomic E-state index is -1.04. The number of aliphatic hydroxyl groups is 1. The van der Waals surface area contributed by atoms with Gasteiger partial charge in [0.25, 0.3) is 5.91 Å². The second-order valence-corrected chi connectivity index (χ2v) is 11.8. The molecule has 1 aromatic rings. The van der Waals surface area contributed by atoms with Gasteiger partial charge in [-0.25, -0.2) is 0 Å². The smallest absolute Gasteiger partial charge is 0.253 e. The first-order chi connectivity index (χ1) is 19.8. The van der Waals surface area contributed by atoms with Gasteiger partial charge in [0, 0.05) is 38.5 Å². The Labute approximate surface area is 245 Å². The second-order valence-electron chi connectivity index (χ2n) is 11.8. The number of para-hydroxylation sites is 1. The SMILES string of the molecule is C=CCN(CCC)C(=O)[C@@H]1[C@H]2C(=O)N(CCCCCCO)C(C(=O)N(CC=C)c3c(C)cccc3C)C23CC[C@H]1O3. The van der Waals surface area contributed by atoms with Crippen molar-refractivity contribution >= 4 is 23.4 Å². The fourth-order valence-electron chi connectivity index (χ4n) is 7.43. The number of nitrogens with zero attached hydrogens (tertiary/aromatic N) is 3. The average Bonchev–Trinajstić information content (AvgIpc) is 3.59. The van der Waals surface area contributed by atoms with Crippen LogP contribution in [-0.4, -0.2) is 83.2 Å². The second kappa shape index (κ2) is 13.3. The first-order valence-electron chi connectivity index (χ1n) is 15.2. The number of aliphatic hydroxyl groups excluding tert-OH is 1. The van der Waals surface area contributed by atoms with Crippen LogP contribution in [0.5, 0.6) is 0 Å². The molecule has 1 N–H and O–H groups in total. The molecule has 3 amide bonds. The van der Waals surface area contributed by atoms with Crippen LogP contribution in [0.2, 0.25) is 0 Å². The van der Waals surface area contributed by atoms with Crippen molar-refractivity contribution < 1.29 is 24.2 Å². The van der Waals surface area contributed by atoms with E-state index >= 15 is 0 Å². The third kappa shape index (κ3) is 5.61. The summed E-state index contributed by atoms with van der Waals surface area (Å²) >= 11 is 0. The summed E-state index contributed by atoms with van der Waals surface area (Å²) in [6.45, 7) is 15.6. The van der Waals surface area contributed by atoms with Crippen LogP contribution in [0, 0.1) is 25.7 Å². The number of fused-ring (bicyclic) bond motifs is 1. The number of carbonyl (C=O) groups excluding carboxylic acids is 3. The lowest BCUT2D eigenvalue weighted by molar-refractivity contribution is -0.145. The molecule has 224 valence electrons. The molecule has 0 aromatic heterocycles. The highest BCUT2D eigenvalue weighted by molar-refractivity contribution is 6.05. The zero-order chi connectivity index (χ0) is 29.7. The van der Waals surface area contributed by atoms with Crippen molar-refractivity contribution in [2.75, 3.05) is 37.7 Å². The van der Waals surface area contributed by atoms with Crippen LogP contribution >= 0.6 is 0 Å². The molecule has 2 bridgehead atoms. The molecule has 2 unspecified atom stereocenters. The van der Waals surface area contributed by atoms with Crippen LogP contribution in [0.1, 0.15) is 63.0 Å². The number of ether oxygens (including phenoxy) is 1. The van der Waals surface area contributed by atoms with Crippen LogP contribution in [0.3, 0.4) is 0 Å². The highest BCUT2D eigenvalue weighted by Gasteiger charge is 2.74. The average molecular weight is 566 g/mol. The molecule has 0 aliphatic carbocycles. The van der Waals surface area contributed by atoms with Crippen LogP contribution in [0.4, 0.5) is 5.69 Å². The van der Waals surface area contributed by atoms with E-state index in [1.165, 1.54) is 0 Å². The topological polar surface area (TPSA) is 90.4 Å². The number of amides is 3. The predicted octanol–water partition coefficient (Wildman–Crippen LogP) is 4.17. The van der Waals surface area contributed by atoms with E-state index in [4.69, 9.17) is 4.74 Å². The summed E-state index contributed by atoms with van der Waals surface area (Å²) in [5.74, 6) is -1.70. The lowest BCUT2D eigenvalue weighted by atomic mass is 9.70. The van der Waals surface area contributed by atoms with Crippen LogP contribution in [0.15, 0.2) is 43.5 Å². The molecule has 8 heteroatoms. The lowest BCUT2D eigenvalue weighted by Gasteiger charge is -2.37. The Bertz CT molecular complexity index is 1130. The van der Waals surface area contributed by atoms with Crippen LogP contribution in [0.25, 0.3) is 0 Å². The largest absolute Gasteiger partial charge is 0.396 e. The molecule has 1 spiro atoms. The van der Waals surface area contributed by atoms with Crippen LogP contribution < -0.4 is 4.90 Å². The van der Waals surface area contributed by atoms with Crippen molar-refractivity contribution in [1.82, 2.24) is 9.80 Å². The highest BCUT2D eigenvalue weighted by Crippen LogP contribution is 2.59. The number of benzene rings is 1. The molecule has 4 rings (SSSR count). The Morgan fingerprint density at radius 1 is 1.10 bits per heavy atom. The summed E-state index contributed by atoms with van der Waals surface area (Å²) in [6, 6.07) is 5.12. The minimum absolute atomic E-state index is 0.0784. The quantitative estimate of drug-likeness (QED) is 0.255. The van der Waals surface area contributed by atoms with Gasteiger partial charge in [0.2, 0.25) is 11.8 Å². The Morgan fingerprint density at radius 2 is 1.78 bits per heavy atom. The Hall–Kier alpha value is -2.97. The monoisotopic (exact) mass is 565 g/mol. The highest BCUT2D eigenvalue weighted by atomic mass is 16.5. The number of hydrogen-bond acceptors (Lipinski definition) is 5. The maximum atomic E-state index is 14.7. The van der Waals surface area contributed by atoms with Crippen molar-refractivity contribution in [1.29, 1.82) is 0 Å². The number of carbonyl (C=O) groups is 3. The molecule has 0 saturated carbocycles. The summed E-state index contributed by atoms with van der Waals surface area (Å²) in [5, 5.41) is 9.20. The zero-order valence-electron chi connectivity index (χ0n) is 25.0. The standard InChI is InChI=1S/C33H47N3O5/c1-6-18-34(19-7-2)30(38)26-25-16-17-33(41-25)27(26)31(39)36(21-11-9-10-12-22-37)29(33)32(40)35(20-8-3)28-23(4)14-13-15-24(28)5/h6,8,13-15,25-27,29,37H,1,3,7,9-12,16-22H2,2,4-5H3/t25-,26+,27+,29?,33?/m1/s1. The molecular weight excluding hydrogens is 518 g/mol. The third-order valence-electron chi connectivity index (χ3n) is 9.07. The van der Waals surface area contributed by atoms with Gasteiger partial charge >= 0.3 is 0 Å². The maximum Gasteiger partial charge on any atom is 0.253 e. The Kier molecular flexibility index (Phi) is 10.1. The summed E-state index contributed by atoms with van der Waals surface area (Å²) < 4.78 is 6.69. The Balaban J connectivity index is 1.75. The molecule has 0 radical (unpaired) electrons. The first kappa shape index (κ1) is 31.0. The van der Waals surface area contributed by atoms with Crippen LogP contribution in [-0.2, 0) is 19.1 Å². The van der Waals surface area contributed by atoms with E-state index in [9.17, 15) is 19.5 Å². The molecule has 3 aliphatic heterocycles. The van der Waals surface area contributed by atoms with Crippen molar-refractivity contribution in [3.63, 3.8) is 0 Å². The molecule has 3 fully saturated rings. The van der Waals surface area contributed by atoms with Crippen molar-refractivity contribution in [2.24, 2.45) is 11.8 Å². The fraction of sp³-hybridized carbons (Fsp3) is 0.606. The van der Waals surface area contributed by atoms with Gasteiger partial charge in [0.1, 0.15) is 11.6 Å². The van der Waals surface area contributed by atoms with Gasteiger partial charge in [0.05, 0.1) is 17.9 Å². The molecule has 3 heterocycles. The summed E-state index contributed by atoms with van der Waals surface area (Å²) in [5.41, 5.74) is 1.73. The first-order valence-corrected chi connectivity index (χ1v) is 15.2. The van der Waals surface area contributed by atoms with Gasteiger partial charge in [-0.1, -0.05) is 50.1 Å². The van der Waals surface area contributed by atoms with Gasteiger partial charge < -0.3 is 24.5 Å². The third-order valence-corrected chi connectivity index (χ3v) is 9.07. The number of aryl methyl sites for hydroxylation is 2. The summed E-state index contributed by atoms with van der Waals surface area (Å²) in [6.07, 6.45) is 8.18. The Morgan fingerprint density at radius 3 is 2.41 bits per heavy atom. The number of rotatable bonds is 15. The van der Waals surface area contributed by atoms with Gasteiger partial charge in [-0.2, -0.15) is 0 Å². The van der Waals surface area contributed by atoms with E-state index < -0.39 is 23.5 Å². The van der Waals surface area contributed by atoms with E-state index in [0.717, 1.165) is 36.1 Å². The number of likely N-dealkylation sites (tertiary alicyclic amines) is 1. The van der Waals surface area contributed by atoms with E-state index in [0.29, 0.717) is 51.9 Å². The summed E-state index contributed by atoms with van der Waals surface area (Å²) in [4.78, 5) is 48.3. The van der Waals surface area contributed by atoms with E-state index in [2.05, 4.69) is 13.2 Å².